The number of ether oxygens (including phenoxy) is 1. The van der Waals surface area contributed by atoms with Gasteiger partial charge in [0.05, 0.1) is 7.11 Å². The largest absolute Gasteiger partial charge is 0.497 e. The molecular formula is C27H28N4O2S. The van der Waals surface area contributed by atoms with Crippen molar-refractivity contribution in [3.8, 4) is 22.8 Å². The van der Waals surface area contributed by atoms with E-state index < -0.39 is 0 Å². The minimum atomic E-state index is 0.0816. The number of carbonyl (C=O) groups excluding carboxylic acids is 1. The van der Waals surface area contributed by atoms with Gasteiger partial charge < -0.3 is 10.1 Å². The summed E-state index contributed by atoms with van der Waals surface area (Å²) in [6.45, 7) is 0.655. The Hall–Kier alpha value is -3.58. The summed E-state index contributed by atoms with van der Waals surface area (Å²) in [5, 5.41) is 12.7. The Kier molecular flexibility index (Phi) is 8.35. The Morgan fingerprint density at radius 1 is 0.941 bits per heavy atom. The second-order valence-corrected chi connectivity index (χ2v) is 8.81. The van der Waals surface area contributed by atoms with E-state index in [1.807, 2.05) is 72.8 Å². The first-order valence-corrected chi connectivity index (χ1v) is 12.3. The van der Waals surface area contributed by atoms with E-state index >= 15 is 0 Å². The Balaban J connectivity index is 1.36. The van der Waals surface area contributed by atoms with Crippen molar-refractivity contribution >= 4 is 17.7 Å². The number of benzene rings is 3. The molecule has 0 aliphatic carbocycles. The van der Waals surface area contributed by atoms with Gasteiger partial charge in [-0.2, -0.15) is 0 Å². The van der Waals surface area contributed by atoms with Gasteiger partial charge in [0.1, 0.15) is 5.75 Å². The highest BCUT2D eigenvalue weighted by Crippen LogP contribution is 2.29. The Bertz CT molecular complexity index is 1180. The lowest BCUT2D eigenvalue weighted by Crippen LogP contribution is -2.25. The summed E-state index contributed by atoms with van der Waals surface area (Å²) in [7, 11) is 1.66. The Morgan fingerprint density at radius 2 is 1.65 bits per heavy atom. The van der Waals surface area contributed by atoms with Crippen molar-refractivity contribution in [1.29, 1.82) is 0 Å². The Labute approximate surface area is 204 Å². The number of thioether (sulfide) groups is 1. The summed E-state index contributed by atoms with van der Waals surface area (Å²) in [5.74, 6) is 2.44. The van der Waals surface area contributed by atoms with Crippen LogP contribution in [0, 0.1) is 0 Å². The molecule has 34 heavy (non-hydrogen) atoms. The molecule has 0 saturated carbocycles. The summed E-state index contributed by atoms with van der Waals surface area (Å²) >= 11 is 1.61. The molecule has 174 valence electrons. The van der Waals surface area contributed by atoms with Crippen molar-refractivity contribution < 1.29 is 9.53 Å². The first-order chi connectivity index (χ1) is 16.7. The zero-order valence-electron chi connectivity index (χ0n) is 19.2. The van der Waals surface area contributed by atoms with Gasteiger partial charge >= 0.3 is 0 Å². The van der Waals surface area contributed by atoms with Gasteiger partial charge in [0, 0.05) is 30.0 Å². The van der Waals surface area contributed by atoms with Crippen LogP contribution in [0.3, 0.4) is 0 Å². The van der Waals surface area contributed by atoms with Crippen LogP contribution in [0.25, 0.3) is 17.1 Å². The van der Waals surface area contributed by atoms with Crippen molar-refractivity contribution in [2.75, 3.05) is 19.4 Å². The molecule has 0 unspecified atom stereocenters. The van der Waals surface area contributed by atoms with Gasteiger partial charge in [-0.15, -0.1) is 10.2 Å². The van der Waals surface area contributed by atoms with Crippen molar-refractivity contribution in [2.24, 2.45) is 0 Å². The predicted molar refractivity (Wildman–Crippen MR) is 136 cm³/mol. The zero-order chi connectivity index (χ0) is 23.6. The van der Waals surface area contributed by atoms with Crippen LogP contribution in [0.1, 0.15) is 18.4 Å². The van der Waals surface area contributed by atoms with Gasteiger partial charge in [0.2, 0.25) is 5.91 Å². The van der Waals surface area contributed by atoms with Crippen LogP contribution >= 0.6 is 11.8 Å². The molecule has 1 N–H and O–H groups in total. The topological polar surface area (TPSA) is 69.0 Å². The molecule has 1 amide bonds. The van der Waals surface area contributed by atoms with E-state index in [9.17, 15) is 4.79 Å². The van der Waals surface area contributed by atoms with E-state index in [1.54, 1.807) is 18.9 Å². The number of methoxy groups -OCH3 is 1. The van der Waals surface area contributed by atoms with E-state index in [2.05, 4.69) is 32.2 Å². The third-order valence-corrected chi connectivity index (χ3v) is 6.37. The lowest BCUT2D eigenvalue weighted by atomic mass is 10.1. The number of aromatic nitrogens is 3. The smallest absolute Gasteiger partial charge is 0.220 e. The highest BCUT2D eigenvalue weighted by atomic mass is 32.2. The fourth-order valence-electron chi connectivity index (χ4n) is 3.58. The maximum absolute atomic E-state index is 12.2. The maximum atomic E-state index is 12.2. The molecule has 0 bridgehead atoms. The number of carbonyl (C=O) groups is 1. The van der Waals surface area contributed by atoms with Gasteiger partial charge in [-0.05, 0) is 42.7 Å². The van der Waals surface area contributed by atoms with E-state index in [0.29, 0.717) is 13.0 Å². The van der Waals surface area contributed by atoms with Crippen molar-refractivity contribution in [2.45, 2.75) is 24.4 Å². The molecule has 0 radical (unpaired) electrons. The third-order valence-electron chi connectivity index (χ3n) is 5.35. The molecule has 0 aliphatic rings. The number of nitrogens with one attached hydrogen (secondary N) is 1. The average molecular weight is 473 g/mol. The van der Waals surface area contributed by atoms with Crippen molar-refractivity contribution in [3.05, 3.63) is 90.5 Å². The number of amides is 1. The molecule has 3 aromatic carbocycles. The van der Waals surface area contributed by atoms with Gasteiger partial charge in [-0.3, -0.25) is 9.36 Å². The van der Waals surface area contributed by atoms with Crippen molar-refractivity contribution in [3.63, 3.8) is 0 Å². The fraction of sp³-hybridized carbons (Fsp3) is 0.222. The Morgan fingerprint density at radius 3 is 2.35 bits per heavy atom. The molecule has 1 heterocycles. The minimum Gasteiger partial charge on any atom is -0.497 e. The van der Waals surface area contributed by atoms with Crippen LogP contribution in [-0.2, 0) is 11.2 Å². The third kappa shape index (κ3) is 6.26. The molecule has 6 nitrogen and oxygen atoms in total. The molecule has 0 atom stereocenters. The molecule has 0 saturated heterocycles. The van der Waals surface area contributed by atoms with Crippen LogP contribution in [0.4, 0.5) is 0 Å². The molecule has 4 aromatic rings. The highest BCUT2D eigenvalue weighted by Gasteiger charge is 2.16. The molecule has 7 heteroatoms. The minimum absolute atomic E-state index is 0.0816. The monoisotopic (exact) mass is 472 g/mol. The normalized spacial score (nSPS) is 10.7. The standard InChI is InChI=1S/C27H28N4O2S/c1-33-24-16-14-23(15-17-24)31-26(22-11-6-3-7-12-22)29-30-27(31)34-20-8-13-25(32)28-19-18-21-9-4-2-5-10-21/h2-7,9-12,14-17H,8,13,18-20H2,1H3,(H,28,32). The summed E-state index contributed by atoms with van der Waals surface area (Å²) < 4.78 is 7.36. The second kappa shape index (κ2) is 12.0. The van der Waals surface area contributed by atoms with E-state index in [0.717, 1.165) is 46.6 Å². The van der Waals surface area contributed by atoms with Crippen LogP contribution < -0.4 is 10.1 Å². The molecule has 1 aromatic heterocycles. The zero-order valence-corrected chi connectivity index (χ0v) is 20.0. The first-order valence-electron chi connectivity index (χ1n) is 11.3. The lowest BCUT2D eigenvalue weighted by molar-refractivity contribution is -0.121. The molecule has 0 aliphatic heterocycles. The maximum Gasteiger partial charge on any atom is 0.220 e. The summed E-state index contributed by atoms with van der Waals surface area (Å²) in [5.41, 5.74) is 3.19. The number of rotatable bonds is 11. The van der Waals surface area contributed by atoms with E-state index in [4.69, 9.17) is 4.74 Å². The molecule has 4 rings (SSSR count). The number of nitrogens with zero attached hydrogens (tertiary/aromatic N) is 3. The van der Waals surface area contributed by atoms with Gasteiger partial charge in [-0.25, -0.2) is 0 Å². The fourth-order valence-corrected chi connectivity index (χ4v) is 4.47. The van der Waals surface area contributed by atoms with E-state index in [1.165, 1.54) is 5.56 Å². The van der Waals surface area contributed by atoms with Gasteiger partial charge in [-0.1, -0.05) is 72.4 Å². The molecular weight excluding hydrogens is 444 g/mol. The summed E-state index contributed by atoms with van der Waals surface area (Å²) in [6.07, 6.45) is 2.09. The van der Waals surface area contributed by atoms with Crippen LogP contribution in [0.15, 0.2) is 90.1 Å². The van der Waals surface area contributed by atoms with Crippen LogP contribution in [0.5, 0.6) is 5.75 Å². The summed E-state index contributed by atoms with van der Waals surface area (Å²) in [6, 6.07) is 28.1. The number of hydrogen-bond acceptors (Lipinski definition) is 5. The van der Waals surface area contributed by atoms with Crippen LogP contribution in [-0.4, -0.2) is 40.1 Å². The molecule has 0 spiro atoms. The van der Waals surface area contributed by atoms with Crippen LogP contribution in [0.2, 0.25) is 0 Å². The first kappa shape index (κ1) is 23.6. The van der Waals surface area contributed by atoms with Crippen molar-refractivity contribution in [1.82, 2.24) is 20.1 Å². The SMILES string of the molecule is COc1ccc(-n2c(SCCCC(=O)NCCc3ccccc3)nnc2-c2ccccc2)cc1. The quantitative estimate of drug-likeness (QED) is 0.241. The van der Waals surface area contributed by atoms with Gasteiger partial charge in [0.25, 0.3) is 0 Å². The van der Waals surface area contributed by atoms with E-state index in [-0.39, 0.29) is 5.91 Å². The summed E-state index contributed by atoms with van der Waals surface area (Å²) in [4.78, 5) is 12.2. The highest BCUT2D eigenvalue weighted by molar-refractivity contribution is 7.99. The molecule has 0 fully saturated rings. The predicted octanol–water partition coefficient (Wildman–Crippen LogP) is 5.17. The van der Waals surface area contributed by atoms with Gasteiger partial charge in [0.15, 0.2) is 11.0 Å². The lowest BCUT2D eigenvalue weighted by Gasteiger charge is -2.11. The average Bonchev–Trinajstić information content (AvgIpc) is 3.32. The second-order valence-electron chi connectivity index (χ2n) is 7.74. The number of hydrogen-bond donors (Lipinski definition) is 1.